The molecule has 0 N–H and O–H groups in total. The Balaban J connectivity index is 1.69. The molecule has 2 heterocycles. The molecule has 0 saturated heterocycles. The van der Waals surface area contributed by atoms with E-state index in [1.807, 2.05) is 69.3 Å². The van der Waals surface area contributed by atoms with Crippen molar-refractivity contribution in [3.8, 4) is 0 Å². The molecule has 0 radical (unpaired) electrons. The van der Waals surface area contributed by atoms with Crippen LogP contribution in [0.2, 0.25) is 5.02 Å². The van der Waals surface area contributed by atoms with E-state index >= 15 is 0 Å². The number of hydrogen-bond donors (Lipinski definition) is 0. The van der Waals surface area contributed by atoms with Crippen LogP contribution in [0.3, 0.4) is 0 Å². The fraction of sp³-hybridized carbons (Fsp3) is 0.207. The summed E-state index contributed by atoms with van der Waals surface area (Å²) >= 11 is 9.94. The summed E-state index contributed by atoms with van der Waals surface area (Å²) in [6, 6.07) is 21.6. The highest BCUT2D eigenvalue weighted by atomic mass is 79.9. The van der Waals surface area contributed by atoms with E-state index in [0.29, 0.717) is 23.3 Å². The molecule has 182 valence electrons. The van der Waals surface area contributed by atoms with Gasteiger partial charge in [0.15, 0.2) is 0 Å². The highest BCUT2D eigenvalue weighted by Gasteiger charge is 2.23. The van der Waals surface area contributed by atoms with Crippen molar-refractivity contribution in [2.45, 2.75) is 39.7 Å². The van der Waals surface area contributed by atoms with Crippen LogP contribution in [-0.4, -0.2) is 20.4 Å². The summed E-state index contributed by atoms with van der Waals surface area (Å²) in [6.45, 7) is 8.81. The summed E-state index contributed by atoms with van der Waals surface area (Å²) in [5.41, 5.74) is 4.21. The second-order valence-electron chi connectivity index (χ2n) is 9.90. The molecule has 0 amide bonds. The van der Waals surface area contributed by atoms with E-state index in [9.17, 15) is 4.79 Å². The van der Waals surface area contributed by atoms with Crippen LogP contribution in [-0.2, 0) is 12.0 Å². The van der Waals surface area contributed by atoms with Crippen LogP contribution >= 0.6 is 27.5 Å². The summed E-state index contributed by atoms with van der Waals surface area (Å²) < 4.78 is 4.50. The van der Waals surface area contributed by atoms with Crippen LogP contribution in [0, 0.1) is 6.92 Å². The summed E-state index contributed by atoms with van der Waals surface area (Å²) in [5, 5.41) is 7.05. The first-order chi connectivity index (χ1) is 17.1. The molecule has 5 rings (SSSR count). The van der Waals surface area contributed by atoms with Gasteiger partial charge in [-0.25, -0.2) is 4.98 Å². The summed E-state index contributed by atoms with van der Waals surface area (Å²) in [5.74, 6) is 0.607. The van der Waals surface area contributed by atoms with Crippen LogP contribution in [0.15, 0.2) is 81.1 Å². The zero-order chi connectivity index (χ0) is 25.6. The number of fused-ring (bicyclic) bond motifs is 2. The van der Waals surface area contributed by atoms with Gasteiger partial charge in [0.25, 0.3) is 5.56 Å². The number of rotatable bonds is 4. The van der Waals surface area contributed by atoms with E-state index in [0.717, 1.165) is 37.2 Å². The van der Waals surface area contributed by atoms with E-state index in [4.69, 9.17) is 21.7 Å². The van der Waals surface area contributed by atoms with Gasteiger partial charge in [-0.2, -0.15) is 9.78 Å². The first-order valence-corrected chi connectivity index (χ1v) is 12.9. The van der Waals surface area contributed by atoms with Gasteiger partial charge in [-0.1, -0.05) is 84.7 Å². The molecule has 0 bridgehead atoms. The van der Waals surface area contributed by atoms with Crippen LogP contribution in [0.4, 0.5) is 0 Å². The summed E-state index contributed by atoms with van der Waals surface area (Å²) in [4.78, 5) is 18.4. The minimum absolute atomic E-state index is 0.195. The molecule has 3 aromatic carbocycles. The van der Waals surface area contributed by atoms with Crippen molar-refractivity contribution in [3.05, 3.63) is 109 Å². The molecule has 0 fully saturated rings. The van der Waals surface area contributed by atoms with Gasteiger partial charge in [-0.3, -0.25) is 4.79 Å². The number of halogens is 2. The Hall–Kier alpha value is -3.22. The quantitative estimate of drug-likeness (QED) is 0.216. The average Bonchev–Trinajstić information content (AvgIpc) is 3.10. The monoisotopic (exact) mass is 560 g/mol. The van der Waals surface area contributed by atoms with Crippen molar-refractivity contribution < 1.29 is 0 Å². The molecule has 0 spiro atoms. The van der Waals surface area contributed by atoms with E-state index in [2.05, 4.69) is 39.6 Å². The van der Waals surface area contributed by atoms with Gasteiger partial charge < -0.3 is 4.57 Å². The lowest BCUT2D eigenvalue weighted by Gasteiger charge is -2.20. The lowest BCUT2D eigenvalue weighted by molar-refractivity contribution is 0.506. The first-order valence-electron chi connectivity index (χ1n) is 11.7. The van der Waals surface area contributed by atoms with Crippen molar-refractivity contribution >= 4 is 55.6 Å². The fourth-order valence-corrected chi connectivity index (χ4v) is 5.03. The predicted molar refractivity (Wildman–Crippen MR) is 153 cm³/mol. The molecule has 5 aromatic rings. The number of hydrogen-bond acceptors (Lipinski definition) is 3. The Morgan fingerprint density at radius 1 is 1.03 bits per heavy atom. The predicted octanol–water partition coefficient (Wildman–Crippen LogP) is 7.30. The number of nitrogens with zero attached hydrogens (tertiary/aromatic N) is 4. The second kappa shape index (κ2) is 9.34. The van der Waals surface area contributed by atoms with E-state index in [1.165, 1.54) is 4.68 Å². The van der Waals surface area contributed by atoms with Gasteiger partial charge in [0.05, 0.1) is 17.1 Å². The van der Waals surface area contributed by atoms with Gasteiger partial charge in [0, 0.05) is 43.6 Å². The van der Waals surface area contributed by atoms with Gasteiger partial charge in [-0.05, 0) is 42.8 Å². The zero-order valence-electron chi connectivity index (χ0n) is 20.6. The molecule has 5 nitrogen and oxygen atoms in total. The Morgan fingerprint density at radius 2 is 1.75 bits per heavy atom. The number of aromatic nitrogens is 3. The number of benzene rings is 3. The maximum absolute atomic E-state index is 13.6. The number of para-hydroxylation sites is 1. The molecule has 36 heavy (non-hydrogen) atoms. The van der Waals surface area contributed by atoms with Crippen molar-refractivity contribution in [3.63, 3.8) is 0 Å². The third-order valence-electron chi connectivity index (χ3n) is 6.35. The average molecular weight is 562 g/mol. The second-order valence-corrected chi connectivity index (χ2v) is 11.2. The van der Waals surface area contributed by atoms with E-state index in [-0.39, 0.29) is 11.0 Å². The van der Waals surface area contributed by atoms with Gasteiger partial charge in [-0.15, -0.1) is 0 Å². The van der Waals surface area contributed by atoms with Gasteiger partial charge in [0.1, 0.15) is 5.82 Å². The van der Waals surface area contributed by atoms with Crippen LogP contribution < -0.4 is 5.56 Å². The topological polar surface area (TPSA) is 52.2 Å². The van der Waals surface area contributed by atoms with Crippen LogP contribution in [0.5, 0.6) is 0 Å². The van der Waals surface area contributed by atoms with E-state index in [1.54, 1.807) is 12.3 Å². The highest BCUT2D eigenvalue weighted by molar-refractivity contribution is 9.10. The minimum atomic E-state index is -0.384. The molecular weight excluding hydrogens is 536 g/mol. The Bertz CT molecular complexity index is 1710. The third kappa shape index (κ3) is 4.40. The lowest BCUT2D eigenvalue weighted by atomic mass is 9.95. The molecular formula is C29H26BrClN4O. The van der Waals surface area contributed by atoms with Crippen molar-refractivity contribution in [1.29, 1.82) is 0 Å². The van der Waals surface area contributed by atoms with Crippen molar-refractivity contribution in [2.75, 3.05) is 0 Å². The Kier molecular flexibility index (Phi) is 6.35. The molecule has 2 aromatic heterocycles. The van der Waals surface area contributed by atoms with Crippen molar-refractivity contribution in [2.24, 2.45) is 5.10 Å². The van der Waals surface area contributed by atoms with Crippen LogP contribution in [0.1, 0.15) is 43.4 Å². The molecule has 0 unspecified atom stereocenters. The van der Waals surface area contributed by atoms with Gasteiger partial charge >= 0.3 is 0 Å². The molecule has 0 aliphatic carbocycles. The molecule has 0 aliphatic heterocycles. The van der Waals surface area contributed by atoms with Crippen molar-refractivity contribution in [1.82, 2.24) is 14.2 Å². The summed E-state index contributed by atoms with van der Waals surface area (Å²) in [6.07, 6.45) is 1.78. The van der Waals surface area contributed by atoms with Gasteiger partial charge in [0.2, 0.25) is 0 Å². The molecule has 7 heteroatoms. The van der Waals surface area contributed by atoms with E-state index < -0.39 is 0 Å². The summed E-state index contributed by atoms with van der Waals surface area (Å²) in [7, 11) is 0. The SMILES string of the molecule is Cc1c(C=Nn2c(C(C)(C)C)nc3ccc(Br)cc3c2=O)c2ccccc2n1Cc1ccccc1Cl. The maximum Gasteiger partial charge on any atom is 0.282 e. The largest absolute Gasteiger partial charge is 0.340 e. The standard InChI is InChI=1S/C29H26BrClN4O/c1-18-23(21-10-6-8-12-26(21)34(18)17-19-9-5-7-11-24(19)31)16-32-35-27(36)22-15-20(30)13-14-25(22)33-28(35)29(2,3)4/h5-16H,17H2,1-4H3. The minimum Gasteiger partial charge on any atom is -0.340 e. The zero-order valence-corrected chi connectivity index (χ0v) is 22.9. The third-order valence-corrected chi connectivity index (χ3v) is 7.21. The normalized spacial score (nSPS) is 12.3. The Labute approximate surface area is 223 Å². The first kappa shape index (κ1) is 24.5. The lowest BCUT2D eigenvalue weighted by Crippen LogP contribution is -2.29. The maximum atomic E-state index is 13.6. The molecule has 0 saturated carbocycles. The smallest absolute Gasteiger partial charge is 0.282 e. The van der Waals surface area contributed by atoms with Crippen LogP contribution in [0.25, 0.3) is 21.8 Å². The molecule has 0 aliphatic rings. The Morgan fingerprint density at radius 3 is 2.50 bits per heavy atom. The highest BCUT2D eigenvalue weighted by Crippen LogP contribution is 2.28. The fourth-order valence-electron chi connectivity index (χ4n) is 4.48. The molecule has 0 atom stereocenters.